The fraction of sp³-hybridized carbons (Fsp3) is 0.200. The number of amides is 1. The lowest BCUT2D eigenvalue weighted by molar-refractivity contribution is -0.131. The number of carbonyl (C=O) groups excluding carboxylic acids is 1. The van der Waals surface area contributed by atoms with Crippen LogP contribution < -0.4 is 3.53 Å². The van der Waals surface area contributed by atoms with Crippen molar-refractivity contribution in [3.63, 3.8) is 0 Å². The molecule has 4 nitrogen and oxygen atoms in total. The first-order valence-corrected chi connectivity index (χ1v) is 7.09. The predicted octanol–water partition coefficient (Wildman–Crippen LogP) is 3.37. The van der Waals surface area contributed by atoms with Crippen molar-refractivity contribution in [1.29, 1.82) is 0 Å². The second kappa shape index (κ2) is 7.84. The summed E-state index contributed by atoms with van der Waals surface area (Å²) >= 11 is 1.78. The zero-order valence-corrected chi connectivity index (χ0v) is 13.5. The SMILES string of the molecule is CC(C)=CCc1cc(/C=C/C(=O)O)cc(C(=O)NI)c1. The Bertz CT molecular complexity index is 572. The van der Waals surface area contributed by atoms with Crippen LogP contribution >= 0.6 is 22.9 Å². The molecular weight excluding hydrogens is 369 g/mol. The summed E-state index contributed by atoms with van der Waals surface area (Å²) in [6.07, 6.45) is 5.31. The summed E-state index contributed by atoms with van der Waals surface area (Å²) in [5.41, 5.74) is 3.37. The van der Waals surface area contributed by atoms with Gasteiger partial charge in [-0.05, 0) is 49.6 Å². The summed E-state index contributed by atoms with van der Waals surface area (Å²) in [6, 6.07) is 5.36. The number of carbonyl (C=O) groups is 2. The van der Waals surface area contributed by atoms with Crippen molar-refractivity contribution in [3.8, 4) is 0 Å². The molecule has 1 aromatic rings. The summed E-state index contributed by atoms with van der Waals surface area (Å²) in [4.78, 5) is 22.3. The smallest absolute Gasteiger partial charge is 0.328 e. The summed E-state index contributed by atoms with van der Waals surface area (Å²) in [5.74, 6) is -1.21. The number of halogens is 1. The van der Waals surface area contributed by atoms with E-state index in [-0.39, 0.29) is 5.91 Å². The molecule has 0 radical (unpaired) electrons. The van der Waals surface area contributed by atoms with Gasteiger partial charge in [-0.25, -0.2) is 4.79 Å². The monoisotopic (exact) mass is 385 g/mol. The third kappa shape index (κ3) is 5.56. The normalized spacial score (nSPS) is 10.3. The lowest BCUT2D eigenvalue weighted by Gasteiger charge is -2.05. The molecule has 20 heavy (non-hydrogen) atoms. The van der Waals surface area contributed by atoms with Crippen molar-refractivity contribution in [2.24, 2.45) is 0 Å². The molecule has 0 aliphatic carbocycles. The Morgan fingerprint density at radius 3 is 2.55 bits per heavy atom. The number of benzene rings is 1. The molecule has 0 atom stereocenters. The van der Waals surface area contributed by atoms with Gasteiger partial charge in [-0.1, -0.05) is 17.7 Å². The highest BCUT2D eigenvalue weighted by molar-refractivity contribution is 14.1. The molecule has 1 aromatic carbocycles. The van der Waals surface area contributed by atoms with Crippen molar-refractivity contribution < 1.29 is 14.7 Å². The van der Waals surface area contributed by atoms with E-state index in [9.17, 15) is 9.59 Å². The number of carboxylic acids is 1. The molecular formula is C15H16INO3. The molecule has 0 spiro atoms. The molecule has 0 bridgehead atoms. The average molecular weight is 385 g/mol. The third-order valence-corrected chi connectivity index (χ3v) is 3.02. The van der Waals surface area contributed by atoms with Crippen molar-refractivity contribution in [2.45, 2.75) is 20.3 Å². The molecule has 0 unspecified atom stereocenters. The standard InChI is InChI=1S/C15H16INO3/c1-10(2)3-4-11-7-12(5-6-14(18)19)9-13(8-11)15(20)17-16/h3,5-9H,4H2,1-2H3,(H,17,20)(H,18,19)/b6-5+. The van der Waals surface area contributed by atoms with Crippen LogP contribution in [0.4, 0.5) is 0 Å². The topological polar surface area (TPSA) is 66.4 Å². The molecule has 1 rings (SSSR count). The minimum atomic E-state index is -1.01. The van der Waals surface area contributed by atoms with Crippen LogP contribution in [0.3, 0.4) is 0 Å². The maximum atomic E-state index is 11.7. The number of rotatable bonds is 5. The van der Waals surface area contributed by atoms with Crippen molar-refractivity contribution in [1.82, 2.24) is 3.53 Å². The van der Waals surface area contributed by atoms with Gasteiger partial charge in [-0.15, -0.1) is 0 Å². The molecule has 0 saturated heterocycles. The Balaban J connectivity index is 3.16. The number of carboxylic acid groups (broad SMARTS) is 1. The fourth-order valence-corrected chi connectivity index (χ4v) is 1.92. The summed E-state index contributed by atoms with van der Waals surface area (Å²) < 4.78 is 2.54. The minimum Gasteiger partial charge on any atom is -0.478 e. The third-order valence-electron chi connectivity index (χ3n) is 2.53. The molecule has 2 N–H and O–H groups in total. The molecule has 0 aromatic heterocycles. The van der Waals surface area contributed by atoms with E-state index in [1.807, 2.05) is 26.0 Å². The fourth-order valence-electron chi connectivity index (χ4n) is 1.61. The van der Waals surface area contributed by atoms with Gasteiger partial charge >= 0.3 is 5.97 Å². The molecule has 0 heterocycles. The zero-order chi connectivity index (χ0) is 15.1. The second-order valence-corrected chi connectivity index (χ2v) is 5.08. The van der Waals surface area contributed by atoms with Crippen LogP contribution in [0.5, 0.6) is 0 Å². The van der Waals surface area contributed by atoms with Gasteiger partial charge in [0.2, 0.25) is 0 Å². The zero-order valence-electron chi connectivity index (χ0n) is 11.3. The Morgan fingerprint density at radius 1 is 1.30 bits per heavy atom. The highest BCUT2D eigenvalue weighted by Gasteiger charge is 2.06. The van der Waals surface area contributed by atoms with E-state index >= 15 is 0 Å². The van der Waals surface area contributed by atoms with Gasteiger partial charge in [-0.3, -0.25) is 8.32 Å². The van der Waals surface area contributed by atoms with E-state index in [2.05, 4.69) is 9.61 Å². The molecule has 0 fully saturated rings. The quantitative estimate of drug-likeness (QED) is 0.354. The first-order valence-electron chi connectivity index (χ1n) is 6.01. The van der Waals surface area contributed by atoms with Gasteiger partial charge < -0.3 is 5.11 Å². The van der Waals surface area contributed by atoms with E-state index < -0.39 is 5.97 Å². The number of hydrogen-bond acceptors (Lipinski definition) is 2. The van der Waals surface area contributed by atoms with E-state index in [0.29, 0.717) is 17.5 Å². The first kappa shape index (κ1) is 16.4. The second-order valence-electron chi connectivity index (χ2n) is 4.54. The predicted molar refractivity (Wildman–Crippen MR) is 87.7 cm³/mol. The Labute approximate surface area is 132 Å². The van der Waals surface area contributed by atoms with E-state index in [0.717, 1.165) is 11.6 Å². The van der Waals surface area contributed by atoms with Crippen LogP contribution in [0.1, 0.15) is 35.3 Å². The maximum Gasteiger partial charge on any atom is 0.328 e. The number of hydrogen-bond donors (Lipinski definition) is 2. The minimum absolute atomic E-state index is 0.199. The summed E-state index contributed by atoms with van der Waals surface area (Å²) in [5, 5.41) is 8.67. The van der Waals surface area contributed by atoms with Gasteiger partial charge in [0, 0.05) is 11.6 Å². The molecule has 1 amide bonds. The number of allylic oxidation sites excluding steroid dienone is 2. The first-order chi connectivity index (χ1) is 9.42. The van der Waals surface area contributed by atoms with Crippen LogP contribution in [0.25, 0.3) is 6.08 Å². The Kier molecular flexibility index (Phi) is 6.44. The van der Waals surface area contributed by atoms with Crippen LogP contribution in [0, 0.1) is 0 Å². The Morgan fingerprint density at radius 2 is 2.00 bits per heavy atom. The van der Waals surface area contributed by atoms with Gasteiger partial charge in [-0.2, -0.15) is 0 Å². The molecule has 0 aliphatic rings. The lowest BCUT2D eigenvalue weighted by atomic mass is 10.0. The summed E-state index contributed by atoms with van der Waals surface area (Å²) in [6.45, 7) is 4.01. The molecule has 106 valence electrons. The molecule has 5 heteroatoms. The van der Waals surface area contributed by atoms with E-state index in [1.54, 1.807) is 28.9 Å². The van der Waals surface area contributed by atoms with Crippen LogP contribution in [0.15, 0.2) is 35.9 Å². The molecule has 0 aliphatic heterocycles. The van der Waals surface area contributed by atoms with Gasteiger partial charge in [0.15, 0.2) is 0 Å². The van der Waals surface area contributed by atoms with Gasteiger partial charge in [0.1, 0.15) is 0 Å². The lowest BCUT2D eigenvalue weighted by Crippen LogP contribution is -2.12. The Hall–Kier alpha value is -1.63. The van der Waals surface area contributed by atoms with Crippen molar-refractivity contribution >= 4 is 40.8 Å². The largest absolute Gasteiger partial charge is 0.478 e. The molecule has 0 saturated carbocycles. The van der Waals surface area contributed by atoms with Crippen LogP contribution in [0.2, 0.25) is 0 Å². The highest BCUT2D eigenvalue weighted by atomic mass is 127. The van der Waals surface area contributed by atoms with Crippen LogP contribution in [-0.4, -0.2) is 17.0 Å². The number of aliphatic carboxylic acids is 1. The maximum absolute atomic E-state index is 11.7. The van der Waals surface area contributed by atoms with Crippen molar-refractivity contribution in [3.05, 3.63) is 52.6 Å². The van der Waals surface area contributed by atoms with Gasteiger partial charge in [0.05, 0.1) is 22.9 Å². The van der Waals surface area contributed by atoms with E-state index in [4.69, 9.17) is 5.11 Å². The van der Waals surface area contributed by atoms with Gasteiger partial charge in [0.25, 0.3) is 5.91 Å². The average Bonchev–Trinajstić information content (AvgIpc) is 2.41. The highest BCUT2D eigenvalue weighted by Crippen LogP contribution is 2.14. The number of nitrogens with one attached hydrogen (secondary N) is 1. The van der Waals surface area contributed by atoms with E-state index in [1.165, 1.54) is 11.6 Å². The van der Waals surface area contributed by atoms with Crippen LogP contribution in [-0.2, 0) is 11.2 Å². The summed E-state index contributed by atoms with van der Waals surface area (Å²) in [7, 11) is 0. The van der Waals surface area contributed by atoms with Crippen molar-refractivity contribution in [2.75, 3.05) is 0 Å².